The number of aromatic carboxylic acids is 1. The molecule has 7 heteroatoms. The van der Waals surface area contributed by atoms with Crippen molar-refractivity contribution in [3.05, 3.63) is 96.6 Å². The van der Waals surface area contributed by atoms with Crippen molar-refractivity contribution in [2.24, 2.45) is 0 Å². The number of hydrogen-bond acceptors (Lipinski definition) is 5. The SMILES string of the molecule is CC(=O)Oc1ccccc1C(=O)O.CCCC(=O)Oc1ccccc1.[H-].[Na+].c1ccccc1. The Morgan fingerprint density at radius 2 is 1.25 bits per heavy atom. The van der Waals surface area contributed by atoms with Crippen LogP contribution in [0.4, 0.5) is 0 Å². The number of carbonyl (C=O) groups excluding carboxylic acids is 2. The van der Waals surface area contributed by atoms with Crippen molar-refractivity contribution in [1.29, 1.82) is 0 Å². The average Bonchev–Trinajstić information content (AvgIpc) is 2.76. The number of rotatable bonds is 5. The topological polar surface area (TPSA) is 89.9 Å². The molecule has 0 unspecified atom stereocenters. The predicted molar refractivity (Wildman–Crippen MR) is 119 cm³/mol. The summed E-state index contributed by atoms with van der Waals surface area (Å²) < 4.78 is 9.70. The molecule has 0 aliphatic rings. The molecule has 0 saturated heterocycles. The van der Waals surface area contributed by atoms with Crippen LogP contribution >= 0.6 is 0 Å². The third-order valence-electron chi connectivity index (χ3n) is 3.47. The Hall–Kier alpha value is -2.93. The smallest absolute Gasteiger partial charge is 1.00 e. The van der Waals surface area contributed by atoms with Crippen LogP contribution in [-0.4, -0.2) is 23.0 Å². The van der Waals surface area contributed by atoms with Gasteiger partial charge in [0.2, 0.25) is 0 Å². The second-order valence-electron chi connectivity index (χ2n) is 6.09. The van der Waals surface area contributed by atoms with E-state index in [0.717, 1.165) is 6.42 Å². The Morgan fingerprint density at radius 3 is 1.72 bits per heavy atom. The average molecular weight is 446 g/mol. The summed E-state index contributed by atoms with van der Waals surface area (Å²) >= 11 is 0. The third kappa shape index (κ3) is 13.4. The van der Waals surface area contributed by atoms with E-state index >= 15 is 0 Å². The van der Waals surface area contributed by atoms with E-state index in [1.807, 2.05) is 61.5 Å². The molecule has 3 rings (SSSR count). The second-order valence-corrected chi connectivity index (χ2v) is 6.09. The van der Waals surface area contributed by atoms with Crippen LogP contribution < -0.4 is 39.0 Å². The molecular formula is C25H27NaO6. The van der Waals surface area contributed by atoms with Gasteiger partial charge in [-0.25, -0.2) is 4.79 Å². The molecule has 0 amide bonds. The molecule has 0 aliphatic carbocycles. The van der Waals surface area contributed by atoms with E-state index in [2.05, 4.69) is 4.74 Å². The van der Waals surface area contributed by atoms with Gasteiger partial charge < -0.3 is 16.0 Å². The Morgan fingerprint density at radius 1 is 0.781 bits per heavy atom. The van der Waals surface area contributed by atoms with E-state index in [-0.39, 0.29) is 48.3 Å². The molecule has 0 bridgehead atoms. The first-order chi connectivity index (χ1) is 14.9. The number of esters is 2. The maximum Gasteiger partial charge on any atom is 1.00 e. The van der Waals surface area contributed by atoms with Crippen LogP contribution in [0.2, 0.25) is 0 Å². The van der Waals surface area contributed by atoms with Gasteiger partial charge >= 0.3 is 47.5 Å². The van der Waals surface area contributed by atoms with Gasteiger partial charge in [0.15, 0.2) is 0 Å². The van der Waals surface area contributed by atoms with E-state index in [1.165, 1.54) is 19.1 Å². The molecule has 0 aliphatic heterocycles. The van der Waals surface area contributed by atoms with Gasteiger partial charge in [-0.05, 0) is 30.7 Å². The van der Waals surface area contributed by atoms with Gasteiger partial charge in [-0.15, -0.1) is 0 Å². The molecule has 3 aromatic carbocycles. The van der Waals surface area contributed by atoms with Crippen LogP contribution in [0, 0.1) is 0 Å². The van der Waals surface area contributed by atoms with E-state index in [1.54, 1.807) is 24.3 Å². The summed E-state index contributed by atoms with van der Waals surface area (Å²) in [7, 11) is 0. The summed E-state index contributed by atoms with van der Waals surface area (Å²) in [5.41, 5.74) is -0.0160. The maximum atomic E-state index is 11.0. The first-order valence-corrected chi connectivity index (χ1v) is 9.70. The Balaban J connectivity index is 0. The van der Waals surface area contributed by atoms with Gasteiger partial charge in [-0.1, -0.05) is 73.7 Å². The Kier molecular flexibility index (Phi) is 16.1. The molecule has 0 spiro atoms. The van der Waals surface area contributed by atoms with E-state index in [4.69, 9.17) is 9.84 Å². The summed E-state index contributed by atoms with van der Waals surface area (Å²) in [5, 5.41) is 8.69. The number of para-hydroxylation sites is 2. The minimum atomic E-state index is -1.11. The van der Waals surface area contributed by atoms with Crippen LogP contribution in [0.15, 0.2) is 91.0 Å². The third-order valence-corrected chi connectivity index (χ3v) is 3.47. The van der Waals surface area contributed by atoms with E-state index in [0.29, 0.717) is 12.2 Å². The minimum Gasteiger partial charge on any atom is -1.00 e. The summed E-state index contributed by atoms with van der Waals surface area (Å²) in [6.07, 6.45) is 1.31. The number of benzene rings is 3. The molecule has 0 aromatic heterocycles. The fourth-order valence-electron chi connectivity index (χ4n) is 2.15. The second kappa shape index (κ2) is 17.7. The fraction of sp³-hybridized carbons (Fsp3) is 0.160. The van der Waals surface area contributed by atoms with Crippen LogP contribution in [0.1, 0.15) is 38.5 Å². The van der Waals surface area contributed by atoms with Crippen molar-refractivity contribution < 1.29 is 59.9 Å². The minimum absolute atomic E-state index is 0. The fourth-order valence-corrected chi connectivity index (χ4v) is 2.15. The normalized spacial score (nSPS) is 8.81. The zero-order valence-electron chi connectivity index (χ0n) is 19.6. The van der Waals surface area contributed by atoms with Gasteiger partial charge in [0, 0.05) is 13.3 Å². The number of carboxylic acid groups (broad SMARTS) is 1. The van der Waals surface area contributed by atoms with E-state index < -0.39 is 11.9 Å². The van der Waals surface area contributed by atoms with Crippen molar-refractivity contribution in [2.45, 2.75) is 26.7 Å². The first-order valence-electron chi connectivity index (χ1n) is 9.70. The van der Waals surface area contributed by atoms with Crippen molar-refractivity contribution >= 4 is 17.9 Å². The van der Waals surface area contributed by atoms with Crippen molar-refractivity contribution in [3.8, 4) is 11.5 Å². The van der Waals surface area contributed by atoms with Crippen LogP contribution in [0.5, 0.6) is 11.5 Å². The number of hydrogen-bond donors (Lipinski definition) is 1. The zero-order valence-corrected chi connectivity index (χ0v) is 20.6. The molecule has 6 nitrogen and oxygen atoms in total. The molecule has 1 N–H and O–H groups in total. The summed E-state index contributed by atoms with van der Waals surface area (Å²) in [4.78, 5) is 32.2. The molecule has 0 saturated carbocycles. The molecule has 0 fully saturated rings. The van der Waals surface area contributed by atoms with Gasteiger partial charge in [-0.2, -0.15) is 0 Å². The molecule has 0 heterocycles. The van der Waals surface area contributed by atoms with Crippen LogP contribution in [0.3, 0.4) is 0 Å². The Bertz CT molecular complexity index is 909. The quantitative estimate of drug-likeness (QED) is 0.368. The largest absolute Gasteiger partial charge is 1.00 e. The van der Waals surface area contributed by atoms with Gasteiger partial charge in [0.1, 0.15) is 17.1 Å². The summed E-state index contributed by atoms with van der Waals surface area (Å²) in [6.45, 7) is 3.17. The number of ether oxygens (including phenoxy) is 2. The van der Waals surface area contributed by atoms with Crippen LogP contribution in [0.25, 0.3) is 0 Å². The van der Waals surface area contributed by atoms with Gasteiger partial charge in [-0.3, -0.25) is 9.59 Å². The first kappa shape index (κ1) is 29.1. The standard InChI is InChI=1S/C10H12O2.C9H8O4.C6H6.Na.H/c1-2-6-10(11)12-9-7-4-3-5-8-9;1-6(10)13-8-5-3-2-4-7(8)9(11)12;1-2-4-6-5-3-1;;/h3-5,7-8H,2,6H2,1H3;2-5H,1H3,(H,11,12);1-6H;;/q;;;+1;-1. The van der Waals surface area contributed by atoms with Gasteiger partial charge in [0.25, 0.3) is 0 Å². The number of carboxylic acids is 1. The Labute approximate surface area is 212 Å². The summed E-state index contributed by atoms with van der Waals surface area (Å²) in [6, 6.07) is 27.1. The molecule has 0 radical (unpaired) electrons. The van der Waals surface area contributed by atoms with Crippen molar-refractivity contribution in [3.63, 3.8) is 0 Å². The zero-order chi connectivity index (χ0) is 22.9. The monoisotopic (exact) mass is 446 g/mol. The van der Waals surface area contributed by atoms with E-state index in [9.17, 15) is 14.4 Å². The van der Waals surface area contributed by atoms with Crippen LogP contribution in [-0.2, 0) is 9.59 Å². The number of carbonyl (C=O) groups is 3. The molecular weight excluding hydrogens is 419 g/mol. The molecule has 0 atom stereocenters. The van der Waals surface area contributed by atoms with Gasteiger partial charge in [0.05, 0.1) is 0 Å². The molecule has 164 valence electrons. The van der Waals surface area contributed by atoms with Crippen molar-refractivity contribution in [2.75, 3.05) is 0 Å². The summed E-state index contributed by atoms with van der Waals surface area (Å²) in [5.74, 6) is -1.12. The molecule has 3 aromatic rings. The predicted octanol–water partition coefficient (Wildman–Crippen LogP) is 2.51. The maximum absolute atomic E-state index is 11.0. The van der Waals surface area contributed by atoms with Crippen molar-refractivity contribution in [1.82, 2.24) is 0 Å². The molecule has 32 heavy (non-hydrogen) atoms.